The van der Waals surface area contributed by atoms with E-state index < -0.39 is 0 Å². The average Bonchev–Trinajstić information content (AvgIpc) is 2.39. The van der Waals surface area contributed by atoms with E-state index in [9.17, 15) is 0 Å². The van der Waals surface area contributed by atoms with Gasteiger partial charge >= 0.3 is 0 Å². The molecule has 0 radical (unpaired) electrons. The van der Waals surface area contributed by atoms with Crippen LogP contribution < -0.4 is 15.4 Å². The number of hydrogen-bond acceptors (Lipinski definition) is 3. The van der Waals surface area contributed by atoms with Gasteiger partial charge in [-0.2, -0.15) is 0 Å². The van der Waals surface area contributed by atoms with Crippen molar-refractivity contribution in [1.29, 1.82) is 0 Å². The fraction of sp³-hybridized carbons (Fsp3) is 0.538. The van der Waals surface area contributed by atoms with Gasteiger partial charge in [-0.1, -0.05) is 12.1 Å². The lowest BCUT2D eigenvalue weighted by atomic mass is 9.89. The maximum absolute atomic E-state index is 5.82. The van der Waals surface area contributed by atoms with Crippen LogP contribution in [0.1, 0.15) is 24.3 Å². The Bertz CT molecular complexity index is 372. The van der Waals surface area contributed by atoms with Crippen LogP contribution in [0.5, 0.6) is 5.75 Å². The fourth-order valence-electron chi connectivity index (χ4n) is 2.65. The van der Waals surface area contributed by atoms with Crippen molar-refractivity contribution in [3.05, 3.63) is 23.8 Å². The topological polar surface area (TPSA) is 33.3 Å². The Morgan fingerprint density at radius 1 is 1.12 bits per heavy atom. The zero-order chi connectivity index (χ0) is 10.8. The smallest absolute Gasteiger partial charge is 0.145 e. The first-order valence-corrected chi connectivity index (χ1v) is 6.15. The highest BCUT2D eigenvalue weighted by atomic mass is 16.5. The number of fused-ring (bicyclic) bond motifs is 1. The lowest BCUT2D eigenvalue weighted by Crippen LogP contribution is -2.27. The van der Waals surface area contributed by atoms with Crippen LogP contribution in [-0.2, 0) is 0 Å². The third-order valence-electron chi connectivity index (χ3n) is 3.49. The molecule has 0 atom stereocenters. The monoisotopic (exact) mass is 218 g/mol. The summed E-state index contributed by atoms with van der Waals surface area (Å²) in [5.74, 6) is 1.76. The van der Waals surface area contributed by atoms with Crippen LogP contribution >= 0.6 is 0 Å². The van der Waals surface area contributed by atoms with Crippen LogP contribution in [-0.4, -0.2) is 26.2 Å². The first-order chi connectivity index (χ1) is 7.95. The van der Waals surface area contributed by atoms with Gasteiger partial charge in [0.15, 0.2) is 0 Å². The molecule has 2 aliphatic heterocycles. The molecule has 3 nitrogen and oxygen atoms in total. The summed E-state index contributed by atoms with van der Waals surface area (Å²) in [5, 5.41) is 6.81. The minimum absolute atomic E-state index is 0.663. The highest BCUT2D eigenvalue weighted by molar-refractivity contribution is 5.62. The summed E-state index contributed by atoms with van der Waals surface area (Å²) in [5.41, 5.74) is 2.56. The number of benzene rings is 1. The second-order valence-corrected chi connectivity index (χ2v) is 4.52. The minimum atomic E-state index is 0.663. The quantitative estimate of drug-likeness (QED) is 0.756. The van der Waals surface area contributed by atoms with E-state index in [1.807, 2.05) is 0 Å². The van der Waals surface area contributed by atoms with E-state index in [0.717, 1.165) is 32.0 Å². The van der Waals surface area contributed by atoms with Crippen molar-refractivity contribution in [2.24, 2.45) is 0 Å². The van der Waals surface area contributed by atoms with Crippen LogP contribution in [0.2, 0.25) is 0 Å². The minimum Gasteiger partial charge on any atom is -0.489 e. The molecule has 1 saturated heterocycles. The molecule has 0 amide bonds. The van der Waals surface area contributed by atoms with Crippen LogP contribution in [0.4, 0.5) is 5.69 Å². The molecular formula is C13H18N2O. The summed E-state index contributed by atoms with van der Waals surface area (Å²) in [7, 11) is 0. The molecule has 1 aromatic rings. The lowest BCUT2D eigenvalue weighted by Gasteiger charge is -2.28. The van der Waals surface area contributed by atoms with Crippen molar-refractivity contribution in [3.8, 4) is 5.75 Å². The SMILES string of the molecule is c1cc2c(c(C3CCNCC3)c1)OCCN2. The van der Waals surface area contributed by atoms with Gasteiger partial charge in [-0.05, 0) is 43.5 Å². The van der Waals surface area contributed by atoms with Gasteiger partial charge in [0, 0.05) is 6.54 Å². The van der Waals surface area contributed by atoms with Crippen LogP contribution in [0.15, 0.2) is 18.2 Å². The van der Waals surface area contributed by atoms with Crippen LogP contribution in [0.25, 0.3) is 0 Å². The molecule has 3 rings (SSSR count). The van der Waals surface area contributed by atoms with E-state index in [1.54, 1.807) is 0 Å². The summed E-state index contributed by atoms with van der Waals surface area (Å²) >= 11 is 0. The molecule has 0 unspecified atom stereocenters. The number of anilines is 1. The molecule has 0 aromatic heterocycles. The molecule has 3 heteroatoms. The Morgan fingerprint density at radius 3 is 2.88 bits per heavy atom. The van der Waals surface area contributed by atoms with Crippen molar-refractivity contribution < 1.29 is 4.74 Å². The second-order valence-electron chi connectivity index (χ2n) is 4.52. The Morgan fingerprint density at radius 2 is 2.00 bits per heavy atom. The second kappa shape index (κ2) is 4.34. The molecule has 86 valence electrons. The molecule has 1 aromatic carbocycles. The number of ether oxygens (including phenoxy) is 1. The lowest BCUT2D eigenvalue weighted by molar-refractivity contribution is 0.314. The molecule has 1 fully saturated rings. The summed E-state index contributed by atoms with van der Waals surface area (Å²) in [6, 6.07) is 6.47. The predicted octanol–water partition coefficient (Wildman–Crippen LogP) is 1.96. The summed E-state index contributed by atoms with van der Waals surface area (Å²) in [4.78, 5) is 0. The molecule has 16 heavy (non-hydrogen) atoms. The Balaban J connectivity index is 1.93. The van der Waals surface area contributed by atoms with Crippen LogP contribution in [0, 0.1) is 0 Å². The molecule has 0 aliphatic carbocycles. The van der Waals surface area contributed by atoms with Crippen molar-refractivity contribution in [1.82, 2.24) is 5.32 Å². The van der Waals surface area contributed by atoms with Crippen molar-refractivity contribution in [3.63, 3.8) is 0 Å². The molecule has 2 heterocycles. The summed E-state index contributed by atoms with van der Waals surface area (Å²) in [6.45, 7) is 3.96. The van der Waals surface area contributed by atoms with Crippen molar-refractivity contribution in [2.75, 3.05) is 31.6 Å². The highest BCUT2D eigenvalue weighted by Crippen LogP contribution is 2.38. The normalized spacial score (nSPS) is 20.8. The summed E-state index contributed by atoms with van der Waals surface area (Å²) in [6.07, 6.45) is 2.44. The van der Waals surface area contributed by atoms with Gasteiger partial charge in [-0.25, -0.2) is 0 Å². The molecule has 2 N–H and O–H groups in total. The largest absolute Gasteiger partial charge is 0.489 e. The van der Waals surface area contributed by atoms with Gasteiger partial charge < -0.3 is 15.4 Å². The number of nitrogens with one attached hydrogen (secondary N) is 2. The Hall–Kier alpha value is -1.22. The van der Waals surface area contributed by atoms with E-state index in [0.29, 0.717) is 5.92 Å². The highest BCUT2D eigenvalue weighted by Gasteiger charge is 2.22. The van der Waals surface area contributed by atoms with E-state index in [4.69, 9.17) is 4.74 Å². The fourth-order valence-corrected chi connectivity index (χ4v) is 2.65. The molecular weight excluding hydrogens is 200 g/mol. The van der Waals surface area contributed by atoms with Gasteiger partial charge in [-0.3, -0.25) is 0 Å². The van der Waals surface area contributed by atoms with Gasteiger partial charge in [0.1, 0.15) is 12.4 Å². The maximum Gasteiger partial charge on any atom is 0.145 e. The number of rotatable bonds is 1. The third-order valence-corrected chi connectivity index (χ3v) is 3.49. The molecule has 0 bridgehead atoms. The van der Waals surface area contributed by atoms with Gasteiger partial charge in [0.25, 0.3) is 0 Å². The zero-order valence-corrected chi connectivity index (χ0v) is 9.46. The first kappa shape index (κ1) is 9.97. The van der Waals surface area contributed by atoms with Gasteiger partial charge in [0.05, 0.1) is 5.69 Å². The van der Waals surface area contributed by atoms with Crippen molar-refractivity contribution >= 4 is 5.69 Å². The Kier molecular flexibility index (Phi) is 2.70. The molecule has 0 saturated carbocycles. The van der Waals surface area contributed by atoms with E-state index >= 15 is 0 Å². The van der Waals surface area contributed by atoms with Crippen molar-refractivity contribution in [2.45, 2.75) is 18.8 Å². The third kappa shape index (κ3) is 1.76. The average molecular weight is 218 g/mol. The van der Waals surface area contributed by atoms with Gasteiger partial charge in [-0.15, -0.1) is 0 Å². The first-order valence-electron chi connectivity index (χ1n) is 6.15. The zero-order valence-electron chi connectivity index (χ0n) is 9.46. The van der Waals surface area contributed by atoms with Gasteiger partial charge in [0.2, 0.25) is 0 Å². The number of piperidine rings is 1. The van der Waals surface area contributed by atoms with E-state index in [1.165, 1.54) is 24.1 Å². The molecule has 0 spiro atoms. The van der Waals surface area contributed by atoms with Crippen LogP contribution in [0.3, 0.4) is 0 Å². The molecule has 2 aliphatic rings. The number of para-hydroxylation sites is 1. The van der Waals surface area contributed by atoms with E-state index in [-0.39, 0.29) is 0 Å². The standard InChI is InChI=1S/C13H18N2O/c1-2-11(10-4-6-14-7-5-10)13-12(3-1)15-8-9-16-13/h1-3,10,14-15H,4-9H2. The van der Waals surface area contributed by atoms with E-state index in [2.05, 4.69) is 28.8 Å². The summed E-state index contributed by atoms with van der Waals surface area (Å²) < 4.78 is 5.82. The number of hydrogen-bond donors (Lipinski definition) is 2. The Labute approximate surface area is 96.2 Å². The maximum atomic E-state index is 5.82. The predicted molar refractivity (Wildman–Crippen MR) is 65.3 cm³/mol.